The number of fused-ring (bicyclic) bond motifs is 1. The number of nitrogens with zero attached hydrogens (tertiary/aromatic N) is 1. The standard InChI is InChI=1S/C27H24N2O5/c1-27(2)26(31)24(25(34-27)18-6-8-21(32-3)9-7-18)17-4-10-22(11-5-17)33-16-19-15-29-13-12-20(30)14-23(29)28-19/h4-15,28H,16H2,1-3H3. The van der Waals surface area contributed by atoms with Crippen LogP contribution in [0.15, 0.2) is 77.9 Å². The Morgan fingerprint density at radius 2 is 1.62 bits per heavy atom. The number of benzene rings is 2. The first-order chi connectivity index (χ1) is 16.3. The number of aromatic nitrogens is 2. The molecule has 0 unspecified atom stereocenters. The second-order valence-electron chi connectivity index (χ2n) is 8.62. The second-order valence-corrected chi connectivity index (χ2v) is 8.62. The first-order valence-electron chi connectivity index (χ1n) is 10.9. The molecule has 0 aliphatic carbocycles. The van der Waals surface area contributed by atoms with Crippen molar-refractivity contribution in [3.8, 4) is 11.5 Å². The third-order valence-corrected chi connectivity index (χ3v) is 5.79. The van der Waals surface area contributed by atoms with E-state index < -0.39 is 5.60 Å². The van der Waals surface area contributed by atoms with Gasteiger partial charge in [0.05, 0.1) is 18.4 Å². The van der Waals surface area contributed by atoms with Gasteiger partial charge in [0.2, 0.25) is 5.78 Å². The molecule has 7 heteroatoms. The number of carbonyl (C=O) groups excluding carboxylic acids is 1. The number of carbonyl (C=O) groups is 1. The summed E-state index contributed by atoms with van der Waals surface area (Å²) in [6.07, 6.45) is 3.59. The Labute approximate surface area is 196 Å². The van der Waals surface area contributed by atoms with Crippen LogP contribution in [0.5, 0.6) is 11.5 Å². The molecule has 7 nitrogen and oxygen atoms in total. The number of pyridine rings is 1. The number of H-pyrrole nitrogens is 1. The van der Waals surface area contributed by atoms with Crippen molar-refractivity contribution in [3.63, 3.8) is 0 Å². The molecule has 0 radical (unpaired) electrons. The molecule has 2 aromatic heterocycles. The maximum atomic E-state index is 13.2. The summed E-state index contributed by atoms with van der Waals surface area (Å²) in [5.74, 6) is 1.88. The minimum atomic E-state index is -0.947. The first kappa shape index (κ1) is 21.6. The fourth-order valence-electron chi connectivity index (χ4n) is 3.99. The van der Waals surface area contributed by atoms with Crippen molar-refractivity contribution >= 4 is 22.8 Å². The number of Topliss-reactive ketones (excluding diaryl/α,β-unsaturated/α-hetero) is 1. The van der Waals surface area contributed by atoms with E-state index in [1.165, 1.54) is 12.1 Å². The highest BCUT2D eigenvalue weighted by atomic mass is 16.5. The number of hydrogen-bond donors (Lipinski definition) is 1. The minimum Gasteiger partial charge on any atom is -0.497 e. The summed E-state index contributed by atoms with van der Waals surface area (Å²) in [6, 6.07) is 17.9. The first-order valence-corrected chi connectivity index (χ1v) is 10.9. The third kappa shape index (κ3) is 3.96. The zero-order valence-electron chi connectivity index (χ0n) is 19.1. The molecule has 4 aromatic rings. The molecule has 0 amide bonds. The molecule has 1 aliphatic heterocycles. The highest BCUT2D eigenvalue weighted by Crippen LogP contribution is 2.41. The summed E-state index contributed by atoms with van der Waals surface area (Å²) in [4.78, 5) is 27.9. The molecule has 1 aliphatic rings. The molecule has 0 atom stereocenters. The third-order valence-electron chi connectivity index (χ3n) is 5.79. The zero-order chi connectivity index (χ0) is 23.9. The summed E-state index contributed by atoms with van der Waals surface area (Å²) < 4.78 is 19.1. The van der Waals surface area contributed by atoms with Crippen molar-refractivity contribution in [2.75, 3.05) is 7.11 Å². The predicted molar refractivity (Wildman–Crippen MR) is 129 cm³/mol. The normalized spacial score (nSPS) is 15.0. The van der Waals surface area contributed by atoms with Crippen LogP contribution < -0.4 is 14.9 Å². The van der Waals surface area contributed by atoms with Gasteiger partial charge in [-0.1, -0.05) is 12.1 Å². The SMILES string of the molecule is COc1ccc(C2=C(c3ccc(OCc4cn5ccc(=O)cc5[nH]4)cc3)C(=O)C(C)(C)O2)cc1. The molecule has 0 spiro atoms. The smallest absolute Gasteiger partial charge is 0.210 e. The number of hydrogen-bond acceptors (Lipinski definition) is 5. The minimum absolute atomic E-state index is 0.0539. The molecule has 0 saturated heterocycles. The van der Waals surface area contributed by atoms with Crippen LogP contribution in [-0.4, -0.2) is 27.9 Å². The lowest BCUT2D eigenvalue weighted by Crippen LogP contribution is -2.29. The molecule has 172 valence electrons. The Kier molecular flexibility index (Phi) is 5.24. The Bertz CT molecular complexity index is 1460. The van der Waals surface area contributed by atoms with E-state index in [0.29, 0.717) is 29.3 Å². The summed E-state index contributed by atoms with van der Waals surface area (Å²) >= 11 is 0. The van der Waals surface area contributed by atoms with Gasteiger partial charge in [-0.05, 0) is 55.8 Å². The van der Waals surface area contributed by atoms with Gasteiger partial charge in [-0.3, -0.25) is 9.59 Å². The molecule has 2 aromatic carbocycles. The van der Waals surface area contributed by atoms with E-state index in [-0.39, 0.29) is 11.2 Å². The molecule has 5 rings (SSSR count). The van der Waals surface area contributed by atoms with Crippen LogP contribution in [0.1, 0.15) is 30.7 Å². The van der Waals surface area contributed by atoms with Gasteiger partial charge in [0, 0.05) is 30.1 Å². The van der Waals surface area contributed by atoms with E-state index in [9.17, 15) is 9.59 Å². The van der Waals surface area contributed by atoms with E-state index >= 15 is 0 Å². The Morgan fingerprint density at radius 1 is 0.941 bits per heavy atom. The van der Waals surface area contributed by atoms with E-state index in [1.54, 1.807) is 27.2 Å². The van der Waals surface area contributed by atoms with E-state index in [0.717, 1.165) is 22.6 Å². The second kappa shape index (κ2) is 8.26. The van der Waals surface area contributed by atoms with Gasteiger partial charge < -0.3 is 23.6 Å². The number of ether oxygens (including phenoxy) is 3. The highest BCUT2D eigenvalue weighted by Gasteiger charge is 2.42. The summed E-state index contributed by atoms with van der Waals surface area (Å²) in [6.45, 7) is 3.86. The molecule has 3 heterocycles. The fourth-order valence-corrected chi connectivity index (χ4v) is 3.99. The van der Waals surface area contributed by atoms with Crippen LogP contribution in [0.3, 0.4) is 0 Å². The van der Waals surface area contributed by atoms with Crippen molar-refractivity contribution < 1.29 is 19.0 Å². The van der Waals surface area contributed by atoms with Crippen molar-refractivity contribution in [2.45, 2.75) is 26.1 Å². The van der Waals surface area contributed by atoms with Crippen molar-refractivity contribution in [1.29, 1.82) is 0 Å². The number of ketones is 1. The molecule has 1 N–H and O–H groups in total. The Morgan fingerprint density at radius 3 is 2.32 bits per heavy atom. The topological polar surface area (TPSA) is 82.0 Å². The van der Waals surface area contributed by atoms with Crippen molar-refractivity contribution in [3.05, 3.63) is 100 Å². The molecule has 0 bridgehead atoms. The van der Waals surface area contributed by atoms with Crippen LogP contribution in [-0.2, 0) is 16.1 Å². The van der Waals surface area contributed by atoms with Crippen LogP contribution >= 0.6 is 0 Å². The average molecular weight is 456 g/mol. The monoisotopic (exact) mass is 456 g/mol. The van der Waals surface area contributed by atoms with Crippen LogP contribution in [0.25, 0.3) is 17.0 Å². The van der Waals surface area contributed by atoms with Gasteiger partial charge in [0.1, 0.15) is 29.5 Å². The number of nitrogens with one attached hydrogen (secondary N) is 1. The number of methoxy groups -OCH3 is 1. The van der Waals surface area contributed by atoms with Gasteiger partial charge in [-0.25, -0.2) is 0 Å². The molecule has 0 fully saturated rings. The van der Waals surface area contributed by atoms with E-state index in [2.05, 4.69) is 4.98 Å². The molecule has 0 saturated carbocycles. The summed E-state index contributed by atoms with van der Waals surface area (Å²) in [5, 5.41) is 0. The summed E-state index contributed by atoms with van der Waals surface area (Å²) in [7, 11) is 1.61. The summed E-state index contributed by atoms with van der Waals surface area (Å²) in [5.41, 5.74) is 2.66. The van der Waals surface area contributed by atoms with Crippen molar-refractivity contribution in [1.82, 2.24) is 9.38 Å². The van der Waals surface area contributed by atoms with Gasteiger partial charge in [0.25, 0.3) is 0 Å². The lowest BCUT2D eigenvalue weighted by Gasteiger charge is -2.17. The lowest BCUT2D eigenvalue weighted by molar-refractivity contribution is -0.125. The predicted octanol–water partition coefficient (Wildman–Crippen LogP) is 4.46. The number of imidazole rings is 1. The molecule has 34 heavy (non-hydrogen) atoms. The maximum Gasteiger partial charge on any atom is 0.210 e. The van der Waals surface area contributed by atoms with E-state index in [4.69, 9.17) is 14.2 Å². The molecular weight excluding hydrogens is 432 g/mol. The van der Waals surface area contributed by atoms with Crippen LogP contribution in [0.2, 0.25) is 0 Å². The zero-order valence-corrected chi connectivity index (χ0v) is 19.1. The molecular formula is C27H24N2O5. The van der Waals surface area contributed by atoms with Gasteiger partial charge in [0.15, 0.2) is 11.0 Å². The maximum absolute atomic E-state index is 13.2. The lowest BCUT2D eigenvalue weighted by atomic mass is 9.92. The van der Waals surface area contributed by atoms with Crippen molar-refractivity contribution in [2.24, 2.45) is 0 Å². The van der Waals surface area contributed by atoms with Crippen LogP contribution in [0, 0.1) is 0 Å². The van der Waals surface area contributed by atoms with Gasteiger partial charge in [-0.15, -0.1) is 0 Å². The average Bonchev–Trinajstić information content (AvgIpc) is 3.35. The van der Waals surface area contributed by atoms with Gasteiger partial charge in [-0.2, -0.15) is 0 Å². The van der Waals surface area contributed by atoms with E-state index in [1.807, 2.05) is 59.1 Å². The number of rotatable bonds is 6. The van der Waals surface area contributed by atoms with Crippen LogP contribution in [0.4, 0.5) is 0 Å². The Hall–Kier alpha value is -4.26. The fraction of sp³-hybridized carbons (Fsp3) is 0.185. The largest absolute Gasteiger partial charge is 0.497 e. The quantitative estimate of drug-likeness (QED) is 0.463. The number of aromatic amines is 1. The highest BCUT2D eigenvalue weighted by molar-refractivity contribution is 6.32. The van der Waals surface area contributed by atoms with Gasteiger partial charge >= 0.3 is 0 Å². The Balaban J connectivity index is 1.39.